The number of benzene rings is 2. The van der Waals surface area contributed by atoms with E-state index < -0.39 is 4.92 Å². The third-order valence-corrected chi connectivity index (χ3v) is 4.64. The van der Waals surface area contributed by atoms with Gasteiger partial charge in [-0.1, -0.05) is 30.0 Å². The maximum Gasteiger partial charge on any atom is 0.269 e. The number of thioether (sulfide) groups is 1. The fourth-order valence-electron chi connectivity index (χ4n) is 2.36. The maximum atomic E-state index is 12.7. The van der Waals surface area contributed by atoms with Crippen molar-refractivity contribution in [2.45, 2.75) is 6.92 Å². The van der Waals surface area contributed by atoms with E-state index in [1.165, 1.54) is 36.0 Å². The van der Waals surface area contributed by atoms with E-state index in [-0.39, 0.29) is 11.6 Å². The van der Waals surface area contributed by atoms with E-state index in [2.05, 4.69) is 4.99 Å². The molecule has 7 heteroatoms. The third-order valence-electron chi connectivity index (χ3n) is 3.68. The molecule has 0 saturated carbocycles. The number of carbonyl (C=O) groups is 1. The van der Waals surface area contributed by atoms with Gasteiger partial charge in [0.1, 0.15) is 0 Å². The molecule has 3 rings (SSSR count). The molecule has 0 aliphatic carbocycles. The first kappa shape index (κ1) is 16.2. The van der Waals surface area contributed by atoms with Crippen molar-refractivity contribution in [2.24, 2.45) is 4.99 Å². The summed E-state index contributed by atoms with van der Waals surface area (Å²) >= 11 is 1.53. The molecule has 0 unspecified atom stereocenters. The monoisotopic (exact) mass is 341 g/mol. The van der Waals surface area contributed by atoms with Crippen molar-refractivity contribution in [2.75, 3.05) is 12.3 Å². The number of para-hydroxylation sites is 1. The van der Waals surface area contributed by atoms with Crippen LogP contribution in [0.1, 0.15) is 15.9 Å². The topological polar surface area (TPSA) is 75.8 Å². The number of nitro benzene ring substituents is 1. The first-order valence-electron chi connectivity index (χ1n) is 7.40. The van der Waals surface area contributed by atoms with Crippen LogP contribution in [0, 0.1) is 17.0 Å². The van der Waals surface area contributed by atoms with E-state index in [1.54, 1.807) is 4.90 Å². The fraction of sp³-hybridized carbons (Fsp3) is 0.176. The number of non-ortho nitro benzene ring substituents is 1. The highest BCUT2D eigenvalue weighted by atomic mass is 32.2. The lowest BCUT2D eigenvalue weighted by molar-refractivity contribution is -0.384. The minimum atomic E-state index is -0.481. The zero-order valence-corrected chi connectivity index (χ0v) is 13.8. The number of aliphatic imine (C=N–C) groups is 1. The summed E-state index contributed by atoms with van der Waals surface area (Å²) in [5, 5.41) is 11.4. The van der Waals surface area contributed by atoms with Gasteiger partial charge in [0.05, 0.1) is 10.6 Å². The van der Waals surface area contributed by atoms with Gasteiger partial charge in [-0.25, -0.2) is 4.99 Å². The van der Waals surface area contributed by atoms with E-state index in [0.29, 0.717) is 17.3 Å². The number of amides is 1. The summed E-state index contributed by atoms with van der Waals surface area (Å²) in [7, 11) is 0. The average Bonchev–Trinajstić information content (AvgIpc) is 3.04. The minimum absolute atomic E-state index is 0.0313. The van der Waals surface area contributed by atoms with E-state index in [1.807, 2.05) is 31.2 Å². The molecular formula is C17H15N3O3S. The quantitative estimate of drug-likeness (QED) is 0.629. The Kier molecular flexibility index (Phi) is 4.61. The molecule has 0 aromatic heterocycles. The first-order chi connectivity index (χ1) is 11.6. The van der Waals surface area contributed by atoms with Gasteiger partial charge < -0.3 is 0 Å². The summed E-state index contributed by atoms with van der Waals surface area (Å²) in [5.74, 6) is 0.589. The summed E-state index contributed by atoms with van der Waals surface area (Å²) in [6, 6.07) is 13.4. The number of nitrogens with zero attached hydrogens (tertiary/aromatic N) is 3. The first-order valence-corrected chi connectivity index (χ1v) is 8.38. The number of hydrogen-bond acceptors (Lipinski definition) is 5. The minimum Gasteiger partial charge on any atom is -0.286 e. The molecule has 0 radical (unpaired) electrons. The van der Waals surface area contributed by atoms with Crippen molar-refractivity contribution < 1.29 is 9.72 Å². The summed E-state index contributed by atoms with van der Waals surface area (Å²) in [6.07, 6.45) is 0. The highest BCUT2D eigenvalue weighted by Crippen LogP contribution is 2.26. The molecule has 1 heterocycles. The van der Waals surface area contributed by atoms with Gasteiger partial charge in [-0.3, -0.25) is 19.8 Å². The van der Waals surface area contributed by atoms with Crippen molar-refractivity contribution >= 4 is 34.2 Å². The lowest BCUT2D eigenvalue weighted by Gasteiger charge is -2.16. The van der Waals surface area contributed by atoms with E-state index in [0.717, 1.165) is 17.0 Å². The Labute approximate surface area is 143 Å². The third kappa shape index (κ3) is 3.30. The number of rotatable bonds is 3. The summed E-state index contributed by atoms with van der Waals surface area (Å²) in [4.78, 5) is 29.1. The van der Waals surface area contributed by atoms with E-state index in [9.17, 15) is 14.9 Å². The van der Waals surface area contributed by atoms with Gasteiger partial charge >= 0.3 is 0 Å². The van der Waals surface area contributed by atoms with Gasteiger partial charge in [0.25, 0.3) is 11.6 Å². The van der Waals surface area contributed by atoms with Crippen LogP contribution < -0.4 is 0 Å². The summed E-state index contributed by atoms with van der Waals surface area (Å²) < 4.78 is 0. The Balaban J connectivity index is 1.86. The van der Waals surface area contributed by atoms with Crippen LogP contribution in [0.3, 0.4) is 0 Å². The number of hydrogen-bond donors (Lipinski definition) is 0. The standard InChI is InChI=1S/C17H15N3O3S/c1-12-4-2-3-5-15(12)18-17-19(10-11-24-17)16(21)13-6-8-14(9-7-13)20(22)23/h2-9H,10-11H2,1H3. The van der Waals surface area contributed by atoms with Crippen molar-refractivity contribution in [3.8, 4) is 0 Å². The predicted octanol–water partition coefficient (Wildman–Crippen LogP) is 3.78. The highest BCUT2D eigenvalue weighted by Gasteiger charge is 2.27. The second-order valence-electron chi connectivity index (χ2n) is 5.29. The van der Waals surface area contributed by atoms with Crippen LogP contribution in [0.25, 0.3) is 0 Å². The molecule has 0 N–H and O–H groups in total. The SMILES string of the molecule is Cc1ccccc1N=C1SCCN1C(=O)c1ccc([N+](=O)[O-])cc1. The van der Waals surface area contributed by atoms with Gasteiger partial charge in [-0.05, 0) is 30.7 Å². The molecular weight excluding hydrogens is 326 g/mol. The molecule has 1 aliphatic heterocycles. The lowest BCUT2D eigenvalue weighted by atomic mass is 10.2. The molecule has 0 spiro atoms. The number of aryl methyl sites for hydroxylation is 1. The molecule has 24 heavy (non-hydrogen) atoms. The lowest BCUT2D eigenvalue weighted by Crippen LogP contribution is -2.31. The maximum absolute atomic E-state index is 12.7. The van der Waals surface area contributed by atoms with E-state index in [4.69, 9.17) is 0 Å². The summed E-state index contributed by atoms with van der Waals surface area (Å²) in [6.45, 7) is 2.55. The van der Waals surface area contributed by atoms with Crippen LogP contribution in [0.5, 0.6) is 0 Å². The number of nitro groups is 1. The Morgan fingerprint density at radius 3 is 2.58 bits per heavy atom. The molecule has 1 amide bonds. The second-order valence-corrected chi connectivity index (χ2v) is 6.35. The van der Waals surface area contributed by atoms with Gasteiger partial charge in [-0.15, -0.1) is 0 Å². The molecule has 0 atom stereocenters. The van der Waals surface area contributed by atoms with Crippen LogP contribution in [0.2, 0.25) is 0 Å². The Hall–Kier alpha value is -2.67. The van der Waals surface area contributed by atoms with E-state index >= 15 is 0 Å². The largest absolute Gasteiger partial charge is 0.286 e. The number of amidine groups is 1. The van der Waals surface area contributed by atoms with Crippen molar-refractivity contribution in [3.05, 3.63) is 69.8 Å². The molecule has 122 valence electrons. The van der Waals surface area contributed by atoms with Crippen LogP contribution in [0.4, 0.5) is 11.4 Å². The fourth-order valence-corrected chi connectivity index (χ4v) is 3.31. The zero-order chi connectivity index (χ0) is 17.1. The van der Waals surface area contributed by atoms with Crippen LogP contribution in [0.15, 0.2) is 53.5 Å². The average molecular weight is 341 g/mol. The second kappa shape index (κ2) is 6.84. The Bertz CT molecular complexity index is 818. The van der Waals surface area contributed by atoms with Gasteiger partial charge in [-0.2, -0.15) is 0 Å². The number of carbonyl (C=O) groups excluding carboxylic acids is 1. The van der Waals surface area contributed by atoms with Gasteiger partial charge in [0.15, 0.2) is 5.17 Å². The molecule has 0 bridgehead atoms. The molecule has 1 aliphatic rings. The van der Waals surface area contributed by atoms with Gasteiger partial charge in [0, 0.05) is 30.0 Å². The van der Waals surface area contributed by atoms with Crippen LogP contribution >= 0.6 is 11.8 Å². The van der Waals surface area contributed by atoms with Crippen LogP contribution in [-0.2, 0) is 0 Å². The van der Waals surface area contributed by atoms with Gasteiger partial charge in [0.2, 0.25) is 0 Å². The van der Waals surface area contributed by atoms with Crippen molar-refractivity contribution in [1.29, 1.82) is 0 Å². The predicted molar refractivity (Wildman–Crippen MR) is 94.9 cm³/mol. The van der Waals surface area contributed by atoms with Crippen molar-refractivity contribution in [3.63, 3.8) is 0 Å². The normalized spacial score (nSPS) is 15.7. The molecule has 1 saturated heterocycles. The molecule has 6 nitrogen and oxygen atoms in total. The highest BCUT2D eigenvalue weighted by molar-refractivity contribution is 8.14. The Morgan fingerprint density at radius 1 is 1.21 bits per heavy atom. The van der Waals surface area contributed by atoms with Crippen LogP contribution in [-0.4, -0.2) is 33.2 Å². The smallest absolute Gasteiger partial charge is 0.269 e. The zero-order valence-electron chi connectivity index (χ0n) is 13.0. The molecule has 2 aromatic carbocycles. The molecule has 2 aromatic rings. The molecule has 1 fully saturated rings. The van der Waals surface area contributed by atoms with Crippen molar-refractivity contribution in [1.82, 2.24) is 4.90 Å². The Morgan fingerprint density at radius 2 is 1.92 bits per heavy atom. The summed E-state index contributed by atoms with van der Waals surface area (Å²) in [5.41, 5.74) is 2.26.